The Bertz CT molecular complexity index is 590. The number of hydrogen-bond donors (Lipinski definition) is 0. The number of hydrogen-bond acceptors (Lipinski definition) is 3. The van der Waals surface area contributed by atoms with Gasteiger partial charge in [0.1, 0.15) is 9.23 Å². The van der Waals surface area contributed by atoms with Crippen LogP contribution in [0.4, 0.5) is 0 Å². The molecule has 0 amide bonds. The van der Waals surface area contributed by atoms with Crippen LogP contribution in [-0.4, -0.2) is 29.6 Å². The monoisotopic (exact) mass is 403 g/mol. The average molecular weight is 405 g/mol. The molecule has 0 spiro atoms. The fourth-order valence-electron chi connectivity index (χ4n) is 3.07. The van der Waals surface area contributed by atoms with Gasteiger partial charge in [0.25, 0.3) is 0 Å². The molecule has 2 fully saturated rings. The molecule has 19 heavy (non-hydrogen) atoms. The van der Waals surface area contributed by atoms with Gasteiger partial charge in [-0.25, -0.2) is 8.42 Å². The maximum Gasteiger partial charge on any atom is 0.245 e. The molecule has 1 aromatic rings. The van der Waals surface area contributed by atoms with Gasteiger partial charge in [-0.2, -0.15) is 4.31 Å². The number of fused-ring (bicyclic) bond motifs is 2. The van der Waals surface area contributed by atoms with Gasteiger partial charge < -0.3 is 0 Å². The smallest absolute Gasteiger partial charge is 0.207 e. The van der Waals surface area contributed by atoms with Gasteiger partial charge in [0, 0.05) is 16.9 Å². The molecule has 2 saturated heterocycles. The Hall–Kier alpha value is 0.670. The number of piperidine rings is 1. The van der Waals surface area contributed by atoms with E-state index in [0.29, 0.717) is 9.16 Å². The van der Waals surface area contributed by atoms with Crippen molar-refractivity contribution in [2.45, 2.75) is 47.5 Å². The Balaban J connectivity index is 2.00. The molecule has 2 aliphatic rings. The molecule has 2 atom stereocenters. The van der Waals surface area contributed by atoms with Gasteiger partial charge in [-0.05, 0) is 31.7 Å². The lowest BCUT2D eigenvalue weighted by Crippen LogP contribution is -2.46. The van der Waals surface area contributed by atoms with Crippen molar-refractivity contribution in [2.24, 2.45) is 0 Å². The molecule has 0 aromatic carbocycles. The van der Waals surface area contributed by atoms with Crippen LogP contribution in [0.25, 0.3) is 0 Å². The molecule has 3 rings (SSSR count). The maximum absolute atomic E-state index is 12.8. The SMILES string of the molecule is O=S(=O)(c1cc(Cl)sc1Cl)N1C2CCC1CC(Br)C2. The number of sulfonamides is 1. The molecule has 2 unspecified atom stereocenters. The highest BCUT2D eigenvalue weighted by molar-refractivity contribution is 9.09. The van der Waals surface area contributed by atoms with E-state index in [-0.39, 0.29) is 21.3 Å². The van der Waals surface area contributed by atoms with Crippen molar-refractivity contribution in [3.05, 3.63) is 14.7 Å². The number of nitrogens with zero attached hydrogens (tertiary/aromatic N) is 1. The Labute approximate surface area is 135 Å². The number of rotatable bonds is 2. The summed E-state index contributed by atoms with van der Waals surface area (Å²) in [4.78, 5) is 0.576. The Morgan fingerprint density at radius 3 is 2.32 bits per heavy atom. The molecule has 0 saturated carbocycles. The van der Waals surface area contributed by atoms with Crippen LogP contribution in [0.2, 0.25) is 8.67 Å². The zero-order chi connectivity index (χ0) is 13.8. The first-order valence-electron chi connectivity index (χ1n) is 6.02. The van der Waals surface area contributed by atoms with Crippen LogP contribution in [-0.2, 0) is 10.0 Å². The second-order valence-corrected chi connectivity index (χ2v) is 10.4. The lowest BCUT2D eigenvalue weighted by Gasteiger charge is -2.35. The third kappa shape index (κ3) is 2.49. The quantitative estimate of drug-likeness (QED) is 0.694. The van der Waals surface area contributed by atoms with Crippen molar-refractivity contribution < 1.29 is 8.42 Å². The van der Waals surface area contributed by atoms with Crippen molar-refractivity contribution >= 4 is 60.5 Å². The summed E-state index contributed by atoms with van der Waals surface area (Å²) in [5, 5.41) is 0. The van der Waals surface area contributed by atoms with Crippen molar-refractivity contribution in [1.29, 1.82) is 0 Å². The van der Waals surface area contributed by atoms with E-state index >= 15 is 0 Å². The summed E-state index contributed by atoms with van der Waals surface area (Å²) in [6.07, 6.45) is 3.60. The van der Waals surface area contributed by atoms with Gasteiger partial charge in [-0.15, -0.1) is 11.3 Å². The van der Waals surface area contributed by atoms with E-state index in [1.807, 2.05) is 0 Å². The summed E-state index contributed by atoms with van der Waals surface area (Å²) in [5.41, 5.74) is 0. The lowest BCUT2D eigenvalue weighted by atomic mass is 10.1. The van der Waals surface area contributed by atoms with Crippen molar-refractivity contribution in [2.75, 3.05) is 0 Å². The maximum atomic E-state index is 12.8. The minimum Gasteiger partial charge on any atom is -0.207 e. The third-order valence-electron chi connectivity index (χ3n) is 3.79. The van der Waals surface area contributed by atoms with Crippen LogP contribution in [0.3, 0.4) is 0 Å². The highest BCUT2D eigenvalue weighted by Crippen LogP contribution is 2.44. The van der Waals surface area contributed by atoms with Gasteiger partial charge in [0.05, 0.1) is 4.34 Å². The van der Waals surface area contributed by atoms with E-state index in [9.17, 15) is 8.42 Å². The fourth-order valence-corrected chi connectivity index (χ4v) is 7.95. The highest BCUT2D eigenvalue weighted by Gasteiger charge is 2.47. The van der Waals surface area contributed by atoms with Gasteiger partial charge in [0.15, 0.2) is 0 Å². The second kappa shape index (κ2) is 5.14. The summed E-state index contributed by atoms with van der Waals surface area (Å²) < 4.78 is 27.9. The van der Waals surface area contributed by atoms with Crippen LogP contribution >= 0.6 is 50.5 Å². The number of thiophene rings is 1. The largest absolute Gasteiger partial charge is 0.245 e. The predicted molar refractivity (Wildman–Crippen MR) is 82.1 cm³/mol. The summed E-state index contributed by atoms with van der Waals surface area (Å²) >= 11 is 16.6. The first-order chi connectivity index (χ1) is 8.89. The van der Waals surface area contributed by atoms with E-state index in [1.54, 1.807) is 4.31 Å². The Kier molecular flexibility index (Phi) is 3.95. The van der Waals surface area contributed by atoms with Crippen molar-refractivity contribution in [3.63, 3.8) is 0 Å². The molecule has 0 radical (unpaired) electrons. The van der Waals surface area contributed by atoms with Crippen LogP contribution in [0, 0.1) is 0 Å². The molecule has 0 aliphatic carbocycles. The zero-order valence-corrected chi connectivity index (χ0v) is 14.6. The standard InChI is InChI=1S/C11H12BrCl2NO2S2/c12-6-3-7-1-2-8(4-6)15(7)19(16,17)9-5-10(13)18-11(9)14/h5-8H,1-4H2. The molecule has 1 aromatic heterocycles. The molecular weight excluding hydrogens is 393 g/mol. The second-order valence-electron chi connectivity index (χ2n) is 4.98. The van der Waals surface area contributed by atoms with Crippen LogP contribution < -0.4 is 0 Å². The Morgan fingerprint density at radius 2 is 1.84 bits per heavy atom. The minimum absolute atomic E-state index is 0.0860. The normalized spacial score (nSPS) is 31.8. The van der Waals surface area contributed by atoms with E-state index in [0.717, 1.165) is 37.0 Å². The molecule has 2 bridgehead atoms. The third-order valence-corrected chi connectivity index (χ3v) is 8.30. The van der Waals surface area contributed by atoms with Gasteiger partial charge in [-0.1, -0.05) is 39.1 Å². The van der Waals surface area contributed by atoms with Crippen molar-refractivity contribution in [3.8, 4) is 0 Å². The highest BCUT2D eigenvalue weighted by atomic mass is 79.9. The van der Waals surface area contributed by atoms with Gasteiger partial charge >= 0.3 is 0 Å². The number of alkyl halides is 1. The van der Waals surface area contributed by atoms with E-state index < -0.39 is 10.0 Å². The summed E-state index contributed by atoms with van der Waals surface area (Å²) in [6, 6.07) is 1.63. The first kappa shape index (κ1) is 14.6. The van der Waals surface area contributed by atoms with E-state index in [2.05, 4.69) is 15.9 Å². The lowest BCUT2D eigenvalue weighted by molar-refractivity contribution is 0.255. The predicted octanol–water partition coefficient (Wildman–Crippen LogP) is 4.13. The van der Waals surface area contributed by atoms with Gasteiger partial charge in [0.2, 0.25) is 10.0 Å². The summed E-state index contributed by atoms with van der Waals surface area (Å²) in [6.45, 7) is 0. The molecule has 106 valence electrons. The topological polar surface area (TPSA) is 37.4 Å². The van der Waals surface area contributed by atoms with Crippen LogP contribution in [0.1, 0.15) is 25.7 Å². The van der Waals surface area contributed by atoms with Crippen LogP contribution in [0.5, 0.6) is 0 Å². The first-order valence-corrected chi connectivity index (χ1v) is 9.95. The molecule has 3 heterocycles. The zero-order valence-electron chi connectivity index (χ0n) is 9.85. The molecule has 3 nitrogen and oxygen atoms in total. The van der Waals surface area contributed by atoms with Crippen molar-refractivity contribution in [1.82, 2.24) is 4.31 Å². The van der Waals surface area contributed by atoms with E-state index in [4.69, 9.17) is 23.2 Å². The van der Waals surface area contributed by atoms with Gasteiger partial charge in [-0.3, -0.25) is 0 Å². The molecule has 2 aliphatic heterocycles. The summed E-state index contributed by atoms with van der Waals surface area (Å²) in [7, 11) is -3.52. The molecule has 0 N–H and O–H groups in total. The fraction of sp³-hybridized carbons (Fsp3) is 0.636. The molecule has 8 heteroatoms. The average Bonchev–Trinajstić information content (AvgIpc) is 2.78. The van der Waals surface area contributed by atoms with E-state index in [1.165, 1.54) is 6.07 Å². The molecular formula is C11H12BrCl2NO2S2. The van der Waals surface area contributed by atoms with Crippen LogP contribution in [0.15, 0.2) is 11.0 Å². The minimum atomic E-state index is -3.52. The number of halogens is 3. The summed E-state index contributed by atoms with van der Waals surface area (Å²) in [5.74, 6) is 0. The Morgan fingerprint density at radius 1 is 1.26 bits per heavy atom.